The van der Waals surface area contributed by atoms with Gasteiger partial charge in [0, 0.05) is 5.92 Å². The maximum atomic E-state index is 12.6. The highest BCUT2D eigenvalue weighted by Crippen LogP contribution is 2.78. The molecule has 0 aromatic heterocycles. The van der Waals surface area contributed by atoms with E-state index in [0.717, 1.165) is 11.8 Å². The third-order valence-corrected chi connectivity index (χ3v) is 13.3. The highest BCUT2D eigenvalue weighted by molar-refractivity contribution is 5.93. The first kappa shape index (κ1) is 22.2. The Balaban J connectivity index is 1.57. The zero-order valence-corrected chi connectivity index (χ0v) is 21.7. The monoisotopic (exact) mass is 424 g/mol. The molecule has 1 nitrogen and oxygen atoms in total. The fourth-order valence-electron chi connectivity index (χ4n) is 10.7. The van der Waals surface area contributed by atoms with Crippen LogP contribution in [0.5, 0.6) is 0 Å². The molecular weight excluding hydrogens is 376 g/mol. The van der Waals surface area contributed by atoms with Crippen LogP contribution in [0, 0.1) is 56.2 Å². The fourth-order valence-corrected chi connectivity index (χ4v) is 10.7. The van der Waals surface area contributed by atoms with Gasteiger partial charge in [0.2, 0.25) is 0 Å². The average Bonchev–Trinajstić information content (AvgIpc) is 2.69. The number of ketones is 1. The van der Waals surface area contributed by atoms with Crippen molar-refractivity contribution in [3.63, 3.8) is 0 Å². The maximum Gasteiger partial charge on any atom is 0.158 e. The molecule has 0 N–H and O–H groups in total. The summed E-state index contributed by atoms with van der Waals surface area (Å²) in [6, 6.07) is 0. The van der Waals surface area contributed by atoms with E-state index in [4.69, 9.17) is 0 Å². The summed E-state index contributed by atoms with van der Waals surface area (Å²) in [5.41, 5.74) is 2.42. The van der Waals surface area contributed by atoms with E-state index in [1.54, 1.807) is 0 Å². The van der Waals surface area contributed by atoms with Crippen molar-refractivity contribution < 1.29 is 4.79 Å². The summed E-state index contributed by atoms with van der Waals surface area (Å²) < 4.78 is 0. The predicted molar refractivity (Wildman–Crippen MR) is 130 cm³/mol. The molecule has 9 atom stereocenters. The van der Waals surface area contributed by atoms with Crippen molar-refractivity contribution in [3.8, 4) is 0 Å². The van der Waals surface area contributed by atoms with Crippen LogP contribution in [-0.2, 0) is 4.79 Å². The van der Waals surface area contributed by atoms with Crippen LogP contribution >= 0.6 is 0 Å². The molecule has 0 aromatic carbocycles. The van der Waals surface area contributed by atoms with Gasteiger partial charge in [-0.2, -0.15) is 0 Å². The molecule has 5 aliphatic carbocycles. The first-order valence-corrected chi connectivity index (χ1v) is 13.4. The second-order valence-electron chi connectivity index (χ2n) is 15.0. The van der Waals surface area contributed by atoms with Crippen molar-refractivity contribution in [1.29, 1.82) is 0 Å². The van der Waals surface area contributed by atoms with Crippen LogP contribution in [-0.4, -0.2) is 5.78 Å². The number of allylic oxidation sites excluding steroid dienone is 2. The summed E-state index contributed by atoms with van der Waals surface area (Å²) in [6.45, 7) is 20.5. The molecule has 0 unspecified atom stereocenters. The van der Waals surface area contributed by atoms with Gasteiger partial charge < -0.3 is 0 Å². The molecule has 4 fully saturated rings. The van der Waals surface area contributed by atoms with E-state index in [1.807, 2.05) is 6.08 Å². The molecule has 0 amide bonds. The van der Waals surface area contributed by atoms with Crippen LogP contribution in [0.15, 0.2) is 12.2 Å². The van der Waals surface area contributed by atoms with Gasteiger partial charge in [0.05, 0.1) is 0 Å². The standard InChI is InChI=1S/C30H48O/c1-20-21(31)9-10-22-27(20,5)12-11-23-28(22,6)16-18-30(8)24-19-25(2,3)13-14-26(24,4)15-17-29(23,30)7/h9-10,20,22-24H,11-19H2,1-8H3/t20-,22+,23-,24-,26+,27+,28-,29+,30-/m0/s1. The third-order valence-electron chi connectivity index (χ3n) is 13.3. The van der Waals surface area contributed by atoms with Crippen LogP contribution in [0.4, 0.5) is 0 Å². The number of carbonyl (C=O) groups excluding carboxylic acids is 1. The Kier molecular flexibility index (Phi) is 4.51. The Hall–Kier alpha value is -0.590. The van der Waals surface area contributed by atoms with Crippen LogP contribution in [0.25, 0.3) is 0 Å². The van der Waals surface area contributed by atoms with Crippen molar-refractivity contribution in [2.75, 3.05) is 0 Å². The molecule has 5 rings (SSSR count). The van der Waals surface area contributed by atoms with E-state index in [9.17, 15) is 4.79 Å². The van der Waals surface area contributed by atoms with Crippen molar-refractivity contribution in [1.82, 2.24) is 0 Å². The summed E-state index contributed by atoms with van der Waals surface area (Å²) in [6.07, 6.45) is 16.7. The minimum Gasteiger partial charge on any atom is -0.295 e. The molecule has 0 bridgehead atoms. The van der Waals surface area contributed by atoms with Gasteiger partial charge in [0.1, 0.15) is 0 Å². The van der Waals surface area contributed by atoms with E-state index in [1.165, 1.54) is 57.8 Å². The lowest BCUT2D eigenvalue weighted by Crippen LogP contribution is -2.67. The minimum atomic E-state index is 0.150. The lowest BCUT2D eigenvalue weighted by atomic mass is 9.30. The summed E-state index contributed by atoms with van der Waals surface area (Å²) >= 11 is 0. The van der Waals surface area contributed by atoms with Crippen molar-refractivity contribution in [2.24, 2.45) is 56.2 Å². The largest absolute Gasteiger partial charge is 0.295 e. The van der Waals surface area contributed by atoms with Crippen LogP contribution < -0.4 is 0 Å². The Bertz CT molecular complexity index is 822. The lowest BCUT2D eigenvalue weighted by Gasteiger charge is -2.74. The molecule has 0 aliphatic heterocycles. The number of rotatable bonds is 0. The second kappa shape index (κ2) is 6.29. The Labute approximate surface area is 192 Å². The van der Waals surface area contributed by atoms with Crippen LogP contribution in [0.1, 0.15) is 113 Å². The van der Waals surface area contributed by atoms with Gasteiger partial charge in [-0.15, -0.1) is 0 Å². The molecule has 4 saturated carbocycles. The maximum absolute atomic E-state index is 12.6. The van der Waals surface area contributed by atoms with Gasteiger partial charge >= 0.3 is 0 Å². The molecule has 0 radical (unpaired) electrons. The molecule has 0 heterocycles. The minimum absolute atomic E-state index is 0.150. The van der Waals surface area contributed by atoms with Gasteiger partial charge in [0.15, 0.2) is 5.78 Å². The van der Waals surface area contributed by atoms with E-state index in [2.05, 4.69) is 61.5 Å². The molecular formula is C30H48O. The van der Waals surface area contributed by atoms with Crippen LogP contribution in [0.2, 0.25) is 0 Å². The second-order valence-corrected chi connectivity index (χ2v) is 15.0. The van der Waals surface area contributed by atoms with E-state index >= 15 is 0 Å². The van der Waals surface area contributed by atoms with Crippen molar-refractivity contribution in [2.45, 2.75) is 113 Å². The van der Waals surface area contributed by atoms with E-state index in [-0.39, 0.29) is 11.3 Å². The lowest BCUT2D eigenvalue weighted by molar-refractivity contribution is -0.248. The Morgan fingerprint density at radius 1 is 0.742 bits per heavy atom. The fraction of sp³-hybridized carbons (Fsp3) is 0.900. The zero-order valence-electron chi connectivity index (χ0n) is 21.7. The average molecular weight is 425 g/mol. The SMILES string of the molecule is C[C@H]1C(=O)C=C[C@@H]2[C@]1(C)CC[C@H]1[C@@]2(C)CC[C@@]2(C)[C@H]3CC(C)(C)CC[C@]3(C)CC[C@]12C. The van der Waals surface area contributed by atoms with Gasteiger partial charge in [0.25, 0.3) is 0 Å². The van der Waals surface area contributed by atoms with E-state index in [0.29, 0.717) is 38.8 Å². The normalized spacial score (nSPS) is 58.0. The zero-order chi connectivity index (χ0) is 22.7. The molecule has 1 heteroatoms. The molecule has 31 heavy (non-hydrogen) atoms. The molecule has 0 aromatic rings. The first-order chi connectivity index (χ1) is 14.2. The number of carbonyl (C=O) groups is 1. The molecule has 174 valence electrons. The molecule has 5 aliphatic rings. The third kappa shape index (κ3) is 2.64. The highest BCUT2D eigenvalue weighted by atomic mass is 16.1. The Morgan fingerprint density at radius 2 is 1.35 bits per heavy atom. The smallest absolute Gasteiger partial charge is 0.158 e. The predicted octanol–water partition coefficient (Wildman–Crippen LogP) is 8.23. The van der Waals surface area contributed by atoms with Gasteiger partial charge in [-0.3, -0.25) is 4.79 Å². The van der Waals surface area contributed by atoms with E-state index < -0.39 is 0 Å². The van der Waals surface area contributed by atoms with Gasteiger partial charge in [-0.1, -0.05) is 61.5 Å². The summed E-state index contributed by atoms with van der Waals surface area (Å²) in [4.78, 5) is 12.6. The van der Waals surface area contributed by atoms with Crippen molar-refractivity contribution in [3.05, 3.63) is 12.2 Å². The Morgan fingerprint density at radius 3 is 2.06 bits per heavy atom. The molecule has 0 spiro atoms. The first-order valence-electron chi connectivity index (χ1n) is 13.4. The number of hydrogen-bond acceptors (Lipinski definition) is 1. The highest BCUT2D eigenvalue weighted by Gasteiger charge is 2.70. The molecule has 0 saturated heterocycles. The summed E-state index contributed by atoms with van der Waals surface area (Å²) in [7, 11) is 0. The van der Waals surface area contributed by atoms with Gasteiger partial charge in [-0.25, -0.2) is 0 Å². The topological polar surface area (TPSA) is 17.1 Å². The van der Waals surface area contributed by atoms with Crippen molar-refractivity contribution >= 4 is 5.78 Å². The summed E-state index contributed by atoms with van der Waals surface area (Å²) in [5.74, 6) is 2.75. The van der Waals surface area contributed by atoms with Gasteiger partial charge in [-0.05, 0) is 114 Å². The number of fused-ring (bicyclic) bond motifs is 7. The quantitative estimate of drug-likeness (QED) is 0.382. The summed E-state index contributed by atoms with van der Waals surface area (Å²) in [5, 5.41) is 0. The number of hydrogen-bond donors (Lipinski definition) is 0. The van der Waals surface area contributed by atoms with Crippen LogP contribution in [0.3, 0.4) is 0 Å².